The van der Waals surface area contributed by atoms with Crippen molar-refractivity contribution in [3.63, 3.8) is 0 Å². The first-order valence-electron chi connectivity index (χ1n) is 11.1. The van der Waals surface area contributed by atoms with Gasteiger partial charge >= 0.3 is 0 Å². The molecule has 1 aliphatic rings. The molecule has 1 aromatic rings. The molecule has 1 amide bonds. The summed E-state index contributed by atoms with van der Waals surface area (Å²) in [5.74, 6) is 0.277. The highest BCUT2D eigenvalue weighted by molar-refractivity contribution is 5.94. The van der Waals surface area contributed by atoms with E-state index in [0.717, 1.165) is 5.56 Å². The van der Waals surface area contributed by atoms with Crippen molar-refractivity contribution in [3.05, 3.63) is 23.8 Å². The summed E-state index contributed by atoms with van der Waals surface area (Å²) in [6.07, 6.45) is -0.688. The number of benzene rings is 1. The molecule has 1 aliphatic heterocycles. The number of halogens is 1. The zero-order chi connectivity index (χ0) is 23.0. The molecule has 1 heterocycles. The van der Waals surface area contributed by atoms with Gasteiger partial charge in [0.1, 0.15) is 18.5 Å². The van der Waals surface area contributed by atoms with E-state index in [1.54, 1.807) is 18.2 Å². The fraction of sp³-hybridized carbons (Fsp3) is 0.562. The van der Waals surface area contributed by atoms with Crippen LogP contribution in [0.5, 0.6) is 5.75 Å². The predicted molar refractivity (Wildman–Crippen MR) is 89.9 cm³/mol. The molecule has 6 heteroatoms. The molecular formula is C16H25ClN2O3. The number of aliphatic hydroxyl groups excluding tert-OH is 1. The monoisotopic (exact) mass is 337 g/mol. The van der Waals surface area contributed by atoms with E-state index >= 15 is 0 Å². The maximum Gasteiger partial charge on any atom is 0.224 e. The van der Waals surface area contributed by atoms with Crippen LogP contribution < -0.4 is 15.4 Å². The molecule has 5 nitrogen and oxygen atoms in total. The van der Waals surface area contributed by atoms with Gasteiger partial charge in [-0.25, -0.2) is 0 Å². The highest BCUT2D eigenvalue weighted by atomic mass is 35.5. The van der Waals surface area contributed by atoms with E-state index in [4.69, 9.17) is 17.1 Å². The van der Waals surface area contributed by atoms with Crippen LogP contribution in [0.1, 0.15) is 44.9 Å². The lowest BCUT2D eigenvalue weighted by molar-refractivity contribution is -0.116. The smallest absolute Gasteiger partial charge is 0.224 e. The molecule has 1 atom stereocenters. The van der Waals surface area contributed by atoms with Crippen molar-refractivity contribution in [1.82, 2.24) is 5.32 Å². The highest BCUT2D eigenvalue weighted by Gasteiger charge is 2.19. The maximum absolute atomic E-state index is 11.5. The highest BCUT2D eigenvalue weighted by Crippen LogP contribution is 2.31. The van der Waals surface area contributed by atoms with Gasteiger partial charge in [-0.05, 0) is 39.1 Å². The quantitative estimate of drug-likeness (QED) is 0.769. The Bertz CT molecular complexity index is 745. The Balaban J connectivity index is 0.00000480. The maximum atomic E-state index is 11.5. The summed E-state index contributed by atoms with van der Waals surface area (Å²) in [4.78, 5) is 11.5. The van der Waals surface area contributed by atoms with Gasteiger partial charge in [0, 0.05) is 42.1 Å². The van der Waals surface area contributed by atoms with Crippen molar-refractivity contribution in [1.29, 1.82) is 0 Å². The molecule has 0 fully saturated rings. The van der Waals surface area contributed by atoms with Gasteiger partial charge in [0.2, 0.25) is 5.91 Å². The number of carbonyl (C=O) groups excluding carboxylic acids is 1. The number of aliphatic hydroxyl groups is 1. The molecule has 0 saturated carbocycles. The number of β-amino-alcohol motifs (C(OH)–C–C–N with tert-alkyl or cyclic N) is 1. The summed E-state index contributed by atoms with van der Waals surface area (Å²) in [5.41, 5.74) is -1.90. The lowest BCUT2D eigenvalue weighted by Crippen LogP contribution is -2.42. The van der Waals surface area contributed by atoms with E-state index in [1.165, 1.54) is 0 Å². The van der Waals surface area contributed by atoms with Gasteiger partial charge < -0.3 is 20.5 Å². The number of ether oxygens (including phenoxy) is 1. The molecule has 3 N–H and O–H groups in total. The van der Waals surface area contributed by atoms with Crippen LogP contribution in [0.4, 0.5) is 5.69 Å². The van der Waals surface area contributed by atoms with Crippen molar-refractivity contribution in [2.75, 3.05) is 18.5 Å². The number of hydrogen-bond acceptors (Lipinski definition) is 4. The molecule has 1 unspecified atom stereocenters. The molecule has 22 heavy (non-hydrogen) atoms. The van der Waals surface area contributed by atoms with Crippen molar-refractivity contribution < 1.29 is 27.0 Å². The van der Waals surface area contributed by atoms with E-state index in [2.05, 4.69) is 10.6 Å². The lowest BCUT2D eigenvalue weighted by atomic mass is 10.0. The Morgan fingerprint density at radius 3 is 2.95 bits per heavy atom. The van der Waals surface area contributed by atoms with Gasteiger partial charge in [-0.2, -0.15) is 0 Å². The summed E-state index contributed by atoms with van der Waals surface area (Å²) in [5, 5.41) is 15.0. The van der Waals surface area contributed by atoms with Crippen molar-refractivity contribution in [2.24, 2.45) is 0 Å². The summed E-state index contributed by atoms with van der Waals surface area (Å²) in [6.45, 7) is -11.2. The minimum absolute atomic E-state index is 0. The number of fused-ring (bicyclic) bond motifs is 1. The summed E-state index contributed by atoms with van der Waals surface area (Å²) < 4.78 is 73.5. The van der Waals surface area contributed by atoms with Gasteiger partial charge in [-0.15, -0.1) is 12.4 Å². The first-order valence-corrected chi connectivity index (χ1v) is 6.58. The fourth-order valence-electron chi connectivity index (χ4n) is 2.04. The summed E-state index contributed by atoms with van der Waals surface area (Å²) in [7, 11) is 0. The van der Waals surface area contributed by atoms with Crippen LogP contribution in [0.3, 0.4) is 0 Å². The van der Waals surface area contributed by atoms with Crippen LogP contribution in [0.25, 0.3) is 0 Å². The van der Waals surface area contributed by atoms with Crippen LogP contribution >= 0.6 is 12.4 Å². The largest absolute Gasteiger partial charge is 0.490 e. The SMILES string of the molecule is Cl.[2H]C([2H])([2H])C(NCC(O)COc1cccc2c1CCC(=O)N2)(C([2H])([2H])[2H])C([2H])([2H])[2H]. The first kappa shape index (κ1) is 9.11. The average molecular weight is 338 g/mol. The van der Waals surface area contributed by atoms with Crippen LogP contribution in [0, 0.1) is 0 Å². The number of nitrogens with one attached hydrogen (secondary N) is 2. The molecule has 2 rings (SSSR count). The molecule has 1 aromatic carbocycles. The Morgan fingerprint density at radius 2 is 2.23 bits per heavy atom. The van der Waals surface area contributed by atoms with E-state index in [1.807, 2.05) is 0 Å². The minimum Gasteiger partial charge on any atom is -0.490 e. The molecule has 0 bridgehead atoms. The van der Waals surface area contributed by atoms with Crippen molar-refractivity contribution in [2.45, 2.75) is 45.0 Å². The van der Waals surface area contributed by atoms with Gasteiger partial charge in [0.15, 0.2) is 0 Å². The first-order chi connectivity index (χ1) is 13.6. The predicted octanol–water partition coefficient (Wildman–Crippen LogP) is 2.12. The van der Waals surface area contributed by atoms with Crippen LogP contribution in [0.15, 0.2) is 18.2 Å². The van der Waals surface area contributed by atoms with Crippen LogP contribution in [-0.4, -0.2) is 35.8 Å². The average Bonchev–Trinajstić information content (AvgIpc) is 2.56. The third-order valence-electron chi connectivity index (χ3n) is 3.04. The molecule has 0 spiro atoms. The number of hydrogen-bond donors (Lipinski definition) is 3. The second-order valence-corrected chi connectivity index (χ2v) is 4.93. The van der Waals surface area contributed by atoms with E-state index in [0.29, 0.717) is 17.9 Å². The van der Waals surface area contributed by atoms with Crippen LogP contribution in [-0.2, 0) is 11.2 Å². The molecule has 0 aromatic heterocycles. The number of amides is 1. The topological polar surface area (TPSA) is 70.6 Å². The Morgan fingerprint density at radius 1 is 1.45 bits per heavy atom. The van der Waals surface area contributed by atoms with Gasteiger partial charge in [0.05, 0.1) is 0 Å². The zero-order valence-electron chi connectivity index (χ0n) is 20.8. The minimum atomic E-state index is -3.40. The van der Waals surface area contributed by atoms with Crippen molar-refractivity contribution in [3.8, 4) is 5.75 Å². The Hall–Kier alpha value is -1.30. The van der Waals surface area contributed by atoms with Gasteiger partial charge in [-0.1, -0.05) is 6.07 Å². The fourth-order valence-corrected chi connectivity index (χ4v) is 2.04. The van der Waals surface area contributed by atoms with Crippen molar-refractivity contribution >= 4 is 24.0 Å². The van der Waals surface area contributed by atoms with Gasteiger partial charge in [-0.3, -0.25) is 4.79 Å². The molecule has 0 saturated heterocycles. The normalized spacial score (nSPS) is 23.1. The standard InChI is InChI=1S/C16H24N2O3.ClH/c1-16(2,3)17-9-11(19)10-21-14-6-4-5-13-12(14)7-8-15(20)18-13;/h4-6,11,17,19H,7-10H2,1-3H3,(H,18,20);1H/i1D3,2D3,3D3;. The van der Waals surface area contributed by atoms with Crippen LogP contribution in [0.2, 0.25) is 0 Å². The number of anilines is 1. The van der Waals surface area contributed by atoms with E-state index < -0.39 is 38.7 Å². The number of carbonyl (C=O) groups is 1. The second kappa shape index (κ2) is 7.81. The van der Waals surface area contributed by atoms with Gasteiger partial charge in [0.25, 0.3) is 0 Å². The Labute approximate surface area is 150 Å². The molecule has 0 aliphatic carbocycles. The third-order valence-corrected chi connectivity index (χ3v) is 3.04. The van der Waals surface area contributed by atoms with E-state index in [9.17, 15) is 9.90 Å². The zero-order valence-corrected chi connectivity index (χ0v) is 12.6. The summed E-state index contributed by atoms with van der Waals surface area (Å²) >= 11 is 0. The second-order valence-electron chi connectivity index (χ2n) is 4.93. The molecular weight excluding hydrogens is 304 g/mol. The van der Waals surface area contributed by atoms with E-state index in [-0.39, 0.29) is 31.3 Å². The number of rotatable bonds is 5. The summed E-state index contributed by atoms with van der Waals surface area (Å²) in [6, 6.07) is 4.98. The Kier molecular flexibility index (Phi) is 3.23. The lowest BCUT2D eigenvalue weighted by Gasteiger charge is -2.24. The third kappa shape index (κ3) is 5.48. The molecule has 0 radical (unpaired) electrons. The molecule has 124 valence electrons.